The second kappa shape index (κ2) is 6.06. The molecule has 0 spiro atoms. The molecule has 5 heteroatoms. The number of ketones is 1. The number of anilines is 1. The Morgan fingerprint density at radius 3 is 2.47 bits per heavy atom. The lowest BCUT2D eigenvalue weighted by molar-refractivity contribution is -0.116. The highest BCUT2D eigenvalue weighted by Gasteiger charge is 2.17. The van der Waals surface area contributed by atoms with Crippen molar-refractivity contribution in [2.45, 2.75) is 39.7 Å². The van der Waals surface area contributed by atoms with Crippen molar-refractivity contribution in [1.82, 2.24) is 0 Å². The van der Waals surface area contributed by atoms with Gasteiger partial charge in [-0.3, -0.25) is 10.1 Å². The number of nitrogens with one attached hydrogen (secondary N) is 1. The van der Waals surface area contributed by atoms with Gasteiger partial charge in [0.1, 0.15) is 11.4 Å². The molecule has 0 heterocycles. The van der Waals surface area contributed by atoms with E-state index in [4.69, 9.17) is 16.3 Å². The average molecular weight is 284 g/mol. The molecular weight excluding hydrogens is 266 g/mol. The topological polar surface area (TPSA) is 55.4 Å². The Bertz CT molecular complexity index is 492. The van der Waals surface area contributed by atoms with Crippen molar-refractivity contribution in [2.75, 3.05) is 5.32 Å². The summed E-state index contributed by atoms with van der Waals surface area (Å²) in [6.07, 6.45) is -0.269. The lowest BCUT2D eigenvalue weighted by Crippen LogP contribution is -2.27. The molecule has 0 saturated heterocycles. The zero-order valence-electron chi connectivity index (χ0n) is 11.5. The first-order valence-electron chi connectivity index (χ1n) is 5.95. The number of benzene rings is 1. The van der Waals surface area contributed by atoms with Crippen LogP contribution in [0.5, 0.6) is 0 Å². The van der Waals surface area contributed by atoms with E-state index in [9.17, 15) is 9.59 Å². The first-order valence-corrected chi connectivity index (χ1v) is 6.33. The third-order valence-corrected chi connectivity index (χ3v) is 2.45. The molecule has 0 aliphatic carbocycles. The molecule has 104 valence electrons. The summed E-state index contributed by atoms with van der Waals surface area (Å²) in [4.78, 5) is 22.7. The van der Waals surface area contributed by atoms with Gasteiger partial charge >= 0.3 is 6.09 Å². The van der Waals surface area contributed by atoms with Crippen LogP contribution in [0.25, 0.3) is 0 Å². The number of Topliss-reactive ketones (excluding diaryl/α,β-unsaturated/α-hetero) is 1. The molecule has 0 unspecified atom stereocenters. The molecule has 0 atom stereocenters. The summed E-state index contributed by atoms with van der Waals surface area (Å²) in [6, 6.07) is 5.07. The van der Waals surface area contributed by atoms with E-state index < -0.39 is 11.7 Å². The highest BCUT2D eigenvalue weighted by molar-refractivity contribution is 6.33. The number of carbonyl (C=O) groups excluding carboxylic acids is 2. The number of hydrogen-bond donors (Lipinski definition) is 1. The highest BCUT2D eigenvalue weighted by atomic mass is 35.5. The molecule has 4 nitrogen and oxygen atoms in total. The van der Waals surface area contributed by atoms with E-state index in [1.807, 2.05) is 0 Å². The molecule has 0 saturated carbocycles. The summed E-state index contributed by atoms with van der Waals surface area (Å²) < 4.78 is 5.14. The SMILES string of the molecule is CC(=O)Cc1ccc(Cl)c(NC(=O)OC(C)(C)C)c1. The van der Waals surface area contributed by atoms with Crippen molar-refractivity contribution in [3.05, 3.63) is 28.8 Å². The number of amides is 1. The summed E-state index contributed by atoms with van der Waals surface area (Å²) in [5.74, 6) is 0.0468. The minimum absolute atomic E-state index is 0.0468. The van der Waals surface area contributed by atoms with Crippen molar-refractivity contribution >= 4 is 29.2 Å². The molecule has 19 heavy (non-hydrogen) atoms. The van der Waals surface area contributed by atoms with E-state index in [2.05, 4.69) is 5.32 Å². The predicted octanol–water partition coefficient (Wildman–Crippen LogP) is 3.82. The Kier molecular flexibility index (Phi) is 4.95. The normalized spacial score (nSPS) is 11.0. The predicted molar refractivity (Wildman–Crippen MR) is 75.7 cm³/mol. The van der Waals surface area contributed by atoms with Crippen molar-refractivity contribution in [3.63, 3.8) is 0 Å². The molecule has 0 aliphatic heterocycles. The van der Waals surface area contributed by atoms with Crippen LogP contribution in [0.4, 0.5) is 10.5 Å². The van der Waals surface area contributed by atoms with Crippen LogP contribution in [-0.2, 0) is 16.0 Å². The van der Waals surface area contributed by atoms with Gasteiger partial charge in [0.25, 0.3) is 0 Å². The van der Waals surface area contributed by atoms with Crippen LogP contribution >= 0.6 is 11.6 Å². The van der Waals surface area contributed by atoms with Gasteiger partial charge < -0.3 is 4.74 Å². The van der Waals surface area contributed by atoms with E-state index in [0.29, 0.717) is 17.1 Å². The number of halogens is 1. The zero-order chi connectivity index (χ0) is 14.6. The highest BCUT2D eigenvalue weighted by Crippen LogP contribution is 2.24. The van der Waals surface area contributed by atoms with Crippen LogP contribution in [0.15, 0.2) is 18.2 Å². The summed E-state index contributed by atoms with van der Waals surface area (Å²) in [6.45, 7) is 6.84. The number of ether oxygens (including phenoxy) is 1. The largest absolute Gasteiger partial charge is 0.444 e. The van der Waals surface area contributed by atoms with Gasteiger partial charge in [0.2, 0.25) is 0 Å². The maximum Gasteiger partial charge on any atom is 0.412 e. The molecule has 1 N–H and O–H groups in total. The summed E-state index contributed by atoms with van der Waals surface area (Å²) in [5, 5.41) is 2.98. The lowest BCUT2D eigenvalue weighted by atomic mass is 10.1. The Balaban J connectivity index is 2.82. The molecule has 0 aliphatic rings. The molecule has 1 aromatic rings. The first-order chi connectivity index (χ1) is 8.67. The van der Waals surface area contributed by atoms with Gasteiger partial charge in [0, 0.05) is 6.42 Å². The maximum atomic E-state index is 11.7. The van der Waals surface area contributed by atoms with Gasteiger partial charge in [-0.1, -0.05) is 17.7 Å². The Labute approximate surface area is 118 Å². The molecule has 0 aromatic heterocycles. The molecule has 1 amide bonds. The molecule has 1 rings (SSSR count). The van der Waals surface area contributed by atoms with Crippen LogP contribution in [-0.4, -0.2) is 17.5 Å². The summed E-state index contributed by atoms with van der Waals surface area (Å²) >= 11 is 5.99. The summed E-state index contributed by atoms with van der Waals surface area (Å²) in [7, 11) is 0. The Hall–Kier alpha value is -1.55. The van der Waals surface area contributed by atoms with Crippen LogP contribution in [0.3, 0.4) is 0 Å². The van der Waals surface area contributed by atoms with Crippen molar-refractivity contribution in [3.8, 4) is 0 Å². The quantitative estimate of drug-likeness (QED) is 0.917. The third kappa shape index (κ3) is 5.75. The van der Waals surface area contributed by atoms with Gasteiger partial charge in [-0.2, -0.15) is 0 Å². The standard InChI is InChI=1S/C14H18ClNO3/c1-9(17)7-10-5-6-11(15)12(8-10)16-13(18)19-14(2,3)4/h5-6,8H,7H2,1-4H3,(H,16,18). The van der Waals surface area contributed by atoms with Crippen molar-refractivity contribution in [2.24, 2.45) is 0 Å². The Morgan fingerprint density at radius 1 is 1.32 bits per heavy atom. The monoisotopic (exact) mass is 283 g/mol. The number of carbonyl (C=O) groups is 2. The minimum Gasteiger partial charge on any atom is -0.444 e. The van der Waals surface area contributed by atoms with Gasteiger partial charge in [0.05, 0.1) is 10.7 Å². The number of hydrogen-bond acceptors (Lipinski definition) is 3. The minimum atomic E-state index is -0.576. The molecule has 0 bridgehead atoms. The van der Waals surface area contributed by atoms with E-state index in [-0.39, 0.29) is 5.78 Å². The summed E-state index contributed by atoms with van der Waals surface area (Å²) in [5.41, 5.74) is 0.658. The van der Waals surface area contributed by atoms with Crippen LogP contribution in [0, 0.1) is 0 Å². The molecule has 1 aromatic carbocycles. The van der Waals surface area contributed by atoms with Crippen LogP contribution in [0.1, 0.15) is 33.3 Å². The van der Waals surface area contributed by atoms with E-state index in [1.54, 1.807) is 39.0 Å². The lowest BCUT2D eigenvalue weighted by Gasteiger charge is -2.20. The Morgan fingerprint density at radius 2 is 1.95 bits per heavy atom. The fourth-order valence-corrected chi connectivity index (χ4v) is 1.64. The van der Waals surface area contributed by atoms with E-state index in [1.165, 1.54) is 6.92 Å². The smallest absolute Gasteiger partial charge is 0.412 e. The van der Waals surface area contributed by atoms with Gasteiger partial charge in [0.15, 0.2) is 0 Å². The van der Waals surface area contributed by atoms with Crippen LogP contribution in [0.2, 0.25) is 5.02 Å². The number of rotatable bonds is 3. The molecule has 0 radical (unpaired) electrons. The molecule has 0 fully saturated rings. The van der Waals surface area contributed by atoms with Gasteiger partial charge in [-0.15, -0.1) is 0 Å². The van der Waals surface area contributed by atoms with Gasteiger partial charge in [-0.05, 0) is 45.4 Å². The van der Waals surface area contributed by atoms with Crippen molar-refractivity contribution < 1.29 is 14.3 Å². The van der Waals surface area contributed by atoms with E-state index in [0.717, 1.165) is 5.56 Å². The second-order valence-corrected chi connectivity index (χ2v) is 5.73. The average Bonchev–Trinajstić information content (AvgIpc) is 2.19. The van der Waals surface area contributed by atoms with Crippen molar-refractivity contribution in [1.29, 1.82) is 0 Å². The fourth-order valence-electron chi connectivity index (χ4n) is 1.48. The third-order valence-electron chi connectivity index (χ3n) is 2.12. The molecular formula is C14H18ClNO3. The van der Waals surface area contributed by atoms with Crippen LogP contribution < -0.4 is 5.32 Å². The zero-order valence-corrected chi connectivity index (χ0v) is 12.3. The maximum absolute atomic E-state index is 11.7. The second-order valence-electron chi connectivity index (χ2n) is 5.32. The van der Waals surface area contributed by atoms with Gasteiger partial charge in [-0.25, -0.2) is 4.79 Å². The first kappa shape index (κ1) is 15.5. The fraction of sp³-hybridized carbons (Fsp3) is 0.429. The van der Waals surface area contributed by atoms with E-state index >= 15 is 0 Å².